The summed E-state index contributed by atoms with van der Waals surface area (Å²) in [5.74, 6) is 0. The van der Waals surface area contributed by atoms with Crippen molar-refractivity contribution in [1.29, 1.82) is 0 Å². The highest BCUT2D eigenvalue weighted by atomic mass is 35.5. The molecule has 1 atom stereocenters. The number of hydrogen-bond donors (Lipinski definition) is 0. The van der Waals surface area contributed by atoms with Crippen molar-refractivity contribution in [2.24, 2.45) is 5.10 Å². The van der Waals surface area contributed by atoms with Crippen molar-refractivity contribution in [2.75, 3.05) is 7.05 Å². The predicted molar refractivity (Wildman–Crippen MR) is 39.7 cm³/mol. The van der Waals surface area contributed by atoms with Crippen LogP contribution in [-0.4, -0.2) is 23.8 Å². The van der Waals surface area contributed by atoms with Gasteiger partial charge in [0.25, 0.3) is 0 Å². The van der Waals surface area contributed by atoms with Gasteiger partial charge in [-0.2, -0.15) is 5.10 Å². The Bertz CT molecular complexity index is 162. The average molecular weight is 145 g/mol. The van der Waals surface area contributed by atoms with Gasteiger partial charge in [0.05, 0.1) is 0 Å². The minimum absolute atomic E-state index is 0.0741. The van der Waals surface area contributed by atoms with Gasteiger partial charge in [-0.25, -0.2) is 0 Å². The zero-order valence-electron chi connectivity index (χ0n) is 5.50. The van der Waals surface area contributed by atoms with E-state index in [1.165, 1.54) is 0 Å². The van der Waals surface area contributed by atoms with Crippen molar-refractivity contribution in [3.05, 3.63) is 11.6 Å². The first-order valence-electron chi connectivity index (χ1n) is 2.79. The van der Waals surface area contributed by atoms with Crippen molar-refractivity contribution in [2.45, 2.75) is 12.4 Å². The maximum atomic E-state index is 5.80. The summed E-state index contributed by atoms with van der Waals surface area (Å²) in [5.41, 5.74) is 1.04. The van der Waals surface area contributed by atoms with Crippen LogP contribution in [0.3, 0.4) is 0 Å². The monoisotopic (exact) mass is 144 g/mol. The third-order valence-electron chi connectivity index (χ3n) is 1.20. The lowest BCUT2D eigenvalue weighted by atomic mass is 10.3. The number of nitrogens with zero attached hydrogens (tertiary/aromatic N) is 2. The average Bonchev–Trinajstić information content (AvgIpc) is 1.80. The Labute approximate surface area is 59.8 Å². The van der Waals surface area contributed by atoms with Gasteiger partial charge in [-0.15, -0.1) is 0 Å². The molecule has 9 heavy (non-hydrogen) atoms. The molecule has 0 N–H and O–H groups in total. The van der Waals surface area contributed by atoms with Crippen LogP contribution in [0, 0.1) is 0 Å². The van der Waals surface area contributed by atoms with Crippen LogP contribution in [0.15, 0.2) is 16.8 Å². The molecule has 0 saturated heterocycles. The van der Waals surface area contributed by atoms with Gasteiger partial charge in [0, 0.05) is 13.3 Å². The van der Waals surface area contributed by atoms with Crippen molar-refractivity contribution in [1.82, 2.24) is 5.01 Å². The molecule has 0 aromatic rings. The van der Waals surface area contributed by atoms with E-state index in [-0.39, 0.29) is 5.50 Å². The van der Waals surface area contributed by atoms with E-state index >= 15 is 0 Å². The molecule has 0 saturated carbocycles. The minimum atomic E-state index is -0.0741. The van der Waals surface area contributed by atoms with Gasteiger partial charge in [-0.1, -0.05) is 11.6 Å². The second kappa shape index (κ2) is 2.40. The Hall–Kier alpha value is -0.500. The highest BCUT2D eigenvalue weighted by Crippen LogP contribution is 2.10. The summed E-state index contributed by atoms with van der Waals surface area (Å²) in [6.07, 6.45) is 3.74. The summed E-state index contributed by atoms with van der Waals surface area (Å²) in [6.45, 7) is 1.98. The number of likely N-dealkylation sites (N-methyl/N-ethyl adjacent to an activating group) is 1. The lowest BCUT2D eigenvalue weighted by molar-refractivity contribution is 0.361. The Morgan fingerprint density at radius 1 is 1.78 bits per heavy atom. The molecule has 0 spiro atoms. The molecule has 0 aromatic carbocycles. The smallest absolute Gasteiger partial charge is 0.139 e. The molecule has 0 radical (unpaired) electrons. The van der Waals surface area contributed by atoms with E-state index in [0.29, 0.717) is 0 Å². The second-order valence-corrected chi connectivity index (χ2v) is 2.55. The normalized spacial score (nSPS) is 26.3. The molecule has 2 nitrogen and oxygen atoms in total. The number of allylic oxidation sites excluding steroid dienone is 1. The number of rotatable bonds is 0. The fraction of sp³-hybridized carbons (Fsp3) is 0.500. The minimum Gasteiger partial charge on any atom is -0.278 e. The summed E-state index contributed by atoms with van der Waals surface area (Å²) in [4.78, 5) is 0. The summed E-state index contributed by atoms with van der Waals surface area (Å²) in [6, 6.07) is 0. The molecule has 1 heterocycles. The molecule has 50 valence electrons. The molecule has 1 rings (SSSR count). The molecule has 0 aliphatic carbocycles. The Morgan fingerprint density at radius 3 is 2.89 bits per heavy atom. The van der Waals surface area contributed by atoms with E-state index < -0.39 is 0 Å². The highest BCUT2D eigenvalue weighted by Gasteiger charge is 2.08. The van der Waals surface area contributed by atoms with Crippen molar-refractivity contribution >= 4 is 17.8 Å². The van der Waals surface area contributed by atoms with E-state index in [1.54, 1.807) is 11.2 Å². The summed E-state index contributed by atoms with van der Waals surface area (Å²) in [7, 11) is 1.84. The zero-order chi connectivity index (χ0) is 6.85. The van der Waals surface area contributed by atoms with Gasteiger partial charge in [0.15, 0.2) is 0 Å². The third kappa shape index (κ3) is 1.45. The molecule has 1 unspecified atom stereocenters. The van der Waals surface area contributed by atoms with Crippen molar-refractivity contribution in [3.63, 3.8) is 0 Å². The lowest BCUT2D eigenvalue weighted by Gasteiger charge is -2.19. The number of halogens is 1. The molecule has 0 bridgehead atoms. The highest BCUT2D eigenvalue weighted by molar-refractivity contribution is 6.21. The zero-order valence-corrected chi connectivity index (χ0v) is 6.26. The standard InChI is InChI=1S/C6H9ClN2/c1-5-3-6(7)9(2)8-4-5/h3-4,6H,1-2H3. The van der Waals surface area contributed by atoms with Gasteiger partial charge in [-0.05, 0) is 18.6 Å². The molecule has 0 aromatic heterocycles. The number of alkyl halides is 1. The molecule has 1 aliphatic heterocycles. The van der Waals surface area contributed by atoms with E-state index in [2.05, 4.69) is 5.10 Å². The first-order valence-corrected chi connectivity index (χ1v) is 3.23. The van der Waals surface area contributed by atoms with Gasteiger partial charge in [-0.3, -0.25) is 5.01 Å². The Balaban J connectivity index is 2.70. The first-order chi connectivity index (χ1) is 4.20. The van der Waals surface area contributed by atoms with Crippen molar-refractivity contribution in [3.8, 4) is 0 Å². The van der Waals surface area contributed by atoms with Crippen LogP contribution in [-0.2, 0) is 0 Å². The first kappa shape index (κ1) is 6.62. The Kier molecular flexibility index (Phi) is 1.76. The van der Waals surface area contributed by atoms with Gasteiger partial charge < -0.3 is 0 Å². The van der Waals surface area contributed by atoms with Crippen LogP contribution in [0.1, 0.15) is 6.92 Å². The van der Waals surface area contributed by atoms with Crippen LogP contribution in [0.25, 0.3) is 0 Å². The van der Waals surface area contributed by atoms with Gasteiger partial charge in [0.2, 0.25) is 0 Å². The van der Waals surface area contributed by atoms with E-state index in [1.807, 2.05) is 20.0 Å². The molecule has 0 fully saturated rings. The van der Waals surface area contributed by atoms with Crippen LogP contribution >= 0.6 is 11.6 Å². The Morgan fingerprint density at radius 2 is 2.44 bits per heavy atom. The number of hydrogen-bond acceptors (Lipinski definition) is 2. The maximum absolute atomic E-state index is 5.80. The van der Waals surface area contributed by atoms with E-state index in [9.17, 15) is 0 Å². The van der Waals surface area contributed by atoms with Crippen LogP contribution in [0.5, 0.6) is 0 Å². The summed E-state index contributed by atoms with van der Waals surface area (Å²) >= 11 is 5.80. The number of hydrazone groups is 1. The fourth-order valence-electron chi connectivity index (χ4n) is 0.614. The SMILES string of the molecule is CC1=CC(Cl)N(C)N=C1. The summed E-state index contributed by atoms with van der Waals surface area (Å²) < 4.78 is 0. The van der Waals surface area contributed by atoms with E-state index in [4.69, 9.17) is 11.6 Å². The molecule has 0 amide bonds. The van der Waals surface area contributed by atoms with Gasteiger partial charge >= 0.3 is 0 Å². The fourth-order valence-corrected chi connectivity index (χ4v) is 0.863. The molecule has 1 aliphatic rings. The van der Waals surface area contributed by atoms with Crippen LogP contribution < -0.4 is 0 Å². The predicted octanol–water partition coefficient (Wildman–Crippen LogP) is 1.43. The molecule has 3 heteroatoms. The van der Waals surface area contributed by atoms with E-state index in [0.717, 1.165) is 5.57 Å². The largest absolute Gasteiger partial charge is 0.278 e. The lowest BCUT2D eigenvalue weighted by Crippen LogP contribution is -2.22. The van der Waals surface area contributed by atoms with Crippen LogP contribution in [0.2, 0.25) is 0 Å². The molecular weight excluding hydrogens is 136 g/mol. The molecular formula is C6H9ClN2. The maximum Gasteiger partial charge on any atom is 0.139 e. The van der Waals surface area contributed by atoms with Crippen LogP contribution in [0.4, 0.5) is 0 Å². The third-order valence-corrected chi connectivity index (χ3v) is 1.61. The van der Waals surface area contributed by atoms with Gasteiger partial charge in [0.1, 0.15) is 5.50 Å². The summed E-state index contributed by atoms with van der Waals surface area (Å²) in [5, 5.41) is 5.70. The second-order valence-electron chi connectivity index (χ2n) is 2.10. The van der Waals surface area contributed by atoms with Crippen molar-refractivity contribution < 1.29 is 0 Å². The topological polar surface area (TPSA) is 15.6 Å². The quantitative estimate of drug-likeness (QED) is 0.371.